The van der Waals surface area contributed by atoms with Gasteiger partial charge in [0.2, 0.25) is 10.0 Å². The summed E-state index contributed by atoms with van der Waals surface area (Å²) in [5, 5.41) is 9.92. The van der Waals surface area contributed by atoms with Gasteiger partial charge in [-0.05, 0) is 29.8 Å². The molecule has 3 N–H and O–H groups in total. The number of benzene rings is 1. The van der Waals surface area contributed by atoms with Crippen LogP contribution in [0.5, 0.6) is 0 Å². The van der Waals surface area contributed by atoms with Gasteiger partial charge < -0.3 is 5.32 Å². The number of sulfonamides is 1. The second kappa shape index (κ2) is 7.27. The molecule has 2 heterocycles. The zero-order valence-corrected chi connectivity index (χ0v) is 14.5. The Kier molecular flexibility index (Phi) is 5.04. The molecule has 0 saturated heterocycles. The van der Waals surface area contributed by atoms with Gasteiger partial charge in [-0.25, -0.2) is 13.4 Å². The summed E-state index contributed by atoms with van der Waals surface area (Å²) in [6.45, 7) is 0. The number of nitrogens with zero attached hydrogens (tertiary/aromatic N) is 2. The average molecular weight is 397 g/mol. The molecule has 1 aromatic carbocycles. The molecule has 2 aromatic heterocycles. The summed E-state index contributed by atoms with van der Waals surface area (Å²) in [5.74, 6) is -0.797. The molecular weight excluding hydrogens is 383 g/mol. The molecule has 0 aliphatic rings. The van der Waals surface area contributed by atoms with E-state index in [2.05, 4.69) is 20.5 Å². The van der Waals surface area contributed by atoms with Crippen molar-refractivity contribution in [2.75, 3.05) is 15.8 Å². The normalized spacial score (nSPS) is 12.0. The molecule has 0 atom stereocenters. The van der Waals surface area contributed by atoms with E-state index in [1.807, 2.05) is 10.8 Å². The molecule has 142 valence electrons. The minimum absolute atomic E-state index is 0.0364. The van der Waals surface area contributed by atoms with Crippen molar-refractivity contribution in [1.29, 1.82) is 0 Å². The number of aromatic nitrogens is 3. The standard InChI is InChI=1S/C16H14F3N5O2S/c17-16(18,19)10-27(25,26)24-12-6-4-11(5-7-12)13-9-15(23-22-13)21-14-3-1-2-8-20-14/h1-9,24H,10H2,(H2,20,21,22,23). The van der Waals surface area contributed by atoms with Crippen molar-refractivity contribution in [3.8, 4) is 11.3 Å². The first kappa shape index (κ1) is 18.7. The highest BCUT2D eigenvalue weighted by molar-refractivity contribution is 7.92. The third-order valence-corrected chi connectivity index (χ3v) is 4.58. The number of aromatic amines is 1. The zero-order chi connectivity index (χ0) is 19.5. The fourth-order valence-electron chi connectivity index (χ4n) is 2.25. The molecule has 0 saturated carbocycles. The highest BCUT2D eigenvalue weighted by atomic mass is 32.2. The van der Waals surface area contributed by atoms with Gasteiger partial charge in [-0.2, -0.15) is 18.3 Å². The van der Waals surface area contributed by atoms with E-state index in [4.69, 9.17) is 0 Å². The monoisotopic (exact) mass is 397 g/mol. The summed E-state index contributed by atoms with van der Waals surface area (Å²) in [5.41, 5.74) is 1.35. The third-order valence-electron chi connectivity index (χ3n) is 3.32. The Bertz CT molecular complexity index is 1000. The van der Waals surface area contributed by atoms with Crippen LogP contribution in [-0.4, -0.2) is 35.5 Å². The Balaban J connectivity index is 1.69. The van der Waals surface area contributed by atoms with E-state index in [-0.39, 0.29) is 5.69 Å². The second-order valence-corrected chi connectivity index (χ2v) is 7.28. The van der Waals surface area contributed by atoms with E-state index in [0.717, 1.165) is 0 Å². The van der Waals surface area contributed by atoms with Crippen LogP contribution >= 0.6 is 0 Å². The van der Waals surface area contributed by atoms with Crippen LogP contribution in [0.1, 0.15) is 0 Å². The highest BCUT2D eigenvalue weighted by Crippen LogP contribution is 2.24. The maximum absolute atomic E-state index is 12.3. The largest absolute Gasteiger partial charge is 0.404 e. The molecule has 27 heavy (non-hydrogen) atoms. The number of pyridine rings is 1. The number of halogens is 3. The van der Waals surface area contributed by atoms with Crippen molar-refractivity contribution < 1.29 is 21.6 Å². The van der Waals surface area contributed by atoms with Crippen molar-refractivity contribution >= 4 is 27.3 Å². The second-order valence-electron chi connectivity index (χ2n) is 5.56. The molecule has 0 fully saturated rings. The van der Waals surface area contributed by atoms with E-state index in [9.17, 15) is 21.6 Å². The topological polar surface area (TPSA) is 99.8 Å². The molecule has 0 bridgehead atoms. The number of nitrogens with one attached hydrogen (secondary N) is 3. The van der Waals surface area contributed by atoms with Crippen LogP contribution in [0.3, 0.4) is 0 Å². The van der Waals surface area contributed by atoms with Crippen LogP contribution in [0.4, 0.5) is 30.5 Å². The van der Waals surface area contributed by atoms with E-state index in [1.54, 1.807) is 36.5 Å². The van der Waals surface area contributed by atoms with Gasteiger partial charge in [-0.15, -0.1) is 0 Å². The van der Waals surface area contributed by atoms with Gasteiger partial charge in [0, 0.05) is 18.0 Å². The van der Waals surface area contributed by atoms with Crippen molar-refractivity contribution in [1.82, 2.24) is 15.2 Å². The average Bonchev–Trinajstić information content (AvgIpc) is 3.02. The molecule has 0 aliphatic heterocycles. The van der Waals surface area contributed by atoms with E-state index in [0.29, 0.717) is 22.9 Å². The number of hydrogen-bond donors (Lipinski definition) is 3. The molecule has 0 unspecified atom stereocenters. The SMILES string of the molecule is O=S(=O)(CC(F)(F)F)Nc1ccc(-c2cc(Nc3ccccn3)n[nH]2)cc1. The van der Waals surface area contributed by atoms with Gasteiger partial charge in [0.05, 0.1) is 5.69 Å². The van der Waals surface area contributed by atoms with Gasteiger partial charge >= 0.3 is 6.18 Å². The lowest BCUT2D eigenvalue weighted by molar-refractivity contribution is -0.106. The predicted octanol–water partition coefficient (Wildman–Crippen LogP) is 3.52. The Morgan fingerprint density at radius 3 is 2.41 bits per heavy atom. The summed E-state index contributed by atoms with van der Waals surface area (Å²) in [6, 6.07) is 13.0. The van der Waals surface area contributed by atoms with Gasteiger partial charge in [0.25, 0.3) is 0 Å². The zero-order valence-electron chi connectivity index (χ0n) is 13.7. The number of H-pyrrole nitrogens is 1. The Morgan fingerprint density at radius 2 is 1.78 bits per heavy atom. The Morgan fingerprint density at radius 1 is 1.04 bits per heavy atom. The number of rotatable bonds is 6. The van der Waals surface area contributed by atoms with Crippen molar-refractivity contribution in [3.05, 3.63) is 54.7 Å². The van der Waals surface area contributed by atoms with Crippen molar-refractivity contribution in [3.63, 3.8) is 0 Å². The summed E-state index contributed by atoms with van der Waals surface area (Å²) < 4.78 is 61.6. The van der Waals surface area contributed by atoms with Crippen molar-refractivity contribution in [2.45, 2.75) is 6.18 Å². The first-order valence-electron chi connectivity index (χ1n) is 7.61. The Labute approximate surface area is 152 Å². The number of hydrogen-bond acceptors (Lipinski definition) is 5. The van der Waals surface area contributed by atoms with Gasteiger partial charge in [0.15, 0.2) is 11.6 Å². The van der Waals surface area contributed by atoms with Gasteiger partial charge in [-0.1, -0.05) is 18.2 Å². The van der Waals surface area contributed by atoms with E-state index in [1.165, 1.54) is 12.1 Å². The van der Waals surface area contributed by atoms with Crippen LogP contribution in [0, 0.1) is 0 Å². The van der Waals surface area contributed by atoms with Crippen LogP contribution in [0.2, 0.25) is 0 Å². The summed E-state index contributed by atoms with van der Waals surface area (Å²) in [6.07, 6.45) is -3.17. The third kappa shape index (κ3) is 5.45. The molecule has 0 spiro atoms. The molecule has 0 amide bonds. The fourth-order valence-corrected chi connectivity index (χ4v) is 3.25. The molecule has 3 aromatic rings. The van der Waals surface area contributed by atoms with Gasteiger partial charge in [0.1, 0.15) is 5.82 Å². The minimum Gasteiger partial charge on any atom is -0.323 e. The summed E-state index contributed by atoms with van der Waals surface area (Å²) in [7, 11) is -4.51. The quantitative estimate of drug-likeness (QED) is 0.591. The van der Waals surface area contributed by atoms with Crippen molar-refractivity contribution in [2.24, 2.45) is 0 Å². The lowest BCUT2D eigenvalue weighted by Gasteiger charge is -2.10. The molecule has 7 nitrogen and oxygen atoms in total. The summed E-state index contributed by atoms with van der Waals surface area (Å²) >= 11 is 0. The Hall–Kier alpha value is -3.08. The number of alkyl halides is 3. The molecule has 3 rings (SSSR count). The first-order chi connectivity index (χ1) is 12.7. The fraction of sp³-hybridized carbons (Fsp3) is 0.125. The minimum atomic E-state index is -4.81. The molecule has 0 radical (unpaired) electrons. The number of anilines is 3. The predicted molar refractivity (Wildman–Crippen MR) is 95.0 cm³/mol. The van der Waals surface area contributed by atoms with Crippen LogP contribution in [-0.2, 0) is 10.0 Å². The van der Waals surface area contributed by atoms with Crippen LogP contribution in [0.15, 0.2) is 54.7 Å². The summed E-state index contributed by atoms with van der Waals surface area (Å²) in [4.78, 5) is 4.12. The lowest BCUT2D eigenvalue weighted by Crippen LogP contribution is -2.27. The van der Waals surface area contributed by atoms with Crippen LogP contribution in [0.25, 0.3) is 11.3 Å². The lowest BCUT2D eigenvalue weighted by atomic mass is 10.1. The van der Waals surface area contributed by atoms with Crippen LogP contribution < -0.4 is 10.0 Å². The molecular formula is C16H14F3N5O2S. The first-order valence-corrected chi connectivity index (χ1v) is 9.27. The van der Waals surface area contributed by atoms with E-state index < -0.39 is 22.0 Å². The van der Waals surface area contributed by atoms with E-state index >= 15 is 0 Å². The smallest absolute Gasteiger partial charge is 0.323 e. The maximum Gasteiger partial charge on any atom is 0.404 e. The molecule has 11 heteroatoms. The maximum atomic E-state index is 12.3. The van der Waals surface area contributed by atoms with Gasteiger partial charge in [-0.3, -0.25) is 9.82 Å². The highest BCUT2D eigenvalue weighted by Gasteiger charge is 2.35. The molecule has 0 aliphatic carbocycles.